The van der Waals surface area contributed by atoms with Crippen molar-refractivity contribution in [2.45, 2.75) is 19.0 Å². The highest BCUT2D eigenvalue weighted by atomic mass is 19.4. The molecule has 0 saturated heterocycles. The molecule has 0 spiro atoms. The van der Waals surface area contributed by atoms with Crippen molar-refractivity contribution >= 4 is 5.97 Å². The van der Waals surface area contributed by atoms with Crippen molar-refractivity contribution in [3.05, 3.63) is 35.4 Å². The number of alkyl halides is 3. The van der Waals surface area contributed by atoms with Crippen LogP contribution in [0.15, 0.2) is 18.2 Å². The van der Waals surface area contributed by atoms with E-state index in [1.165, 1.54) is 6.07 Å². The summed E-state index contributed by atoms with van der Waals surface area (Å²) < 4.78 is 36.9. The second-order valence-corrected chi connectivity index (χ2v) is 3.20. The summed E-state index contributed by atoms with van der Waals surface area (Å²) in [4.78, 5) is 10.2. The van der Waals surface area contributed by atoms with Crippen molar-refractivity contribution < 1.29 is 23.1 Å². The van der Waals surface area contributed by atoms with Gasteiger partial charge in [0.05, 0.1) is 12.0 Å². The molecule has 17 heavy (non-hydrogen) atoms. The fourth-order valence-electron chi connectivity index (χ4n) is 1.04. The third-order valence-corrected chi connectivity index (χ3v) is 1.81. The van der Waals surface area contributed by atoms with Crippen LogP contribution in [-0.4, -0.2) is 11.1 Å². The molecular weight excluding hydrogens is 233 g/mol. The molecule has 2 nitrogen and oxygen atoms in total. The minimum absolute atomic E-state index is 0.103. The van der Waals surface area contributed by atoms with Gasteiger partial charge in [-0.15, -0.1) is 0 Å². The minimum Gasteiger partial charge on any atom is -0.481 e. The molecule has 89 valence electrons. The van der Waals surface area contributed by atoms with E-state index in [2.05, 4.69) is 17.9 Å². The number of benzene rings is 1. The van der Waals surface area contributed by atoms with Crippen LogP contribution in [0.3, 0.4) is 0 Å². The monoisotopic (exact) mass is 241 g/mol. The largest absolute Gasteiger partial charge is 0.481 e. The lowest BCUT2D eigenvalue weighted by molar-refractivity contribution is -0.138. The van der Waals surface area contributed by atoms with Gasteiger partial charge >= 0.3 is 12.1 Å². The summed E-state index contributed by atoms with van der Waals surface area (Å²) >= 11 is 0. The molecule has 0 amide bonds. The third-order valence-electron chi connectivity index (χ3n) is 1.81. The first-order chi connectivity index (χ1) is 7.89. The fourth-order valence-corrected chi connectivity index (χ4v) is 1.04. The van der Waals surface area contributed by atoms with E-state index >= 15 is 0 Å². The molecule has 0 bridgehead atoms. The molecule has 5 heteroatoms. The van der Waals surface area contributed by atoms with Crippen molar-refractivity contribution in [3.8, 4) is 11.8 Å². The third kappa shape index (κ3) is 4.60. The first-order valence-electron chi connectivity index (χ1n) is 4.68. The molecule has 0 unspecified atom stereocenters. The molecule has 0 aliphatic carbocycles. The first-order valence-corrected chi connectivity index (χ1v) is 4.68. The fraction of sp³-hybridized carbons (Fsp3) is 0.250. The Labute approximate surface area is 96.1 Å². The van der Waals surface area contributed by atoms with Crippen molar-refractivity contribution in [3.63, 3.8) is 0 Å². The number of carboxylic acid groups (broad SMARTS) is 1. The number of hydrogen-bond donors (Lipinski definition) is 1. The van der Waals surface area contributed by atoms with Crippen molar-refractivity contribution in [2.75, 3.05) is 0 Å². The molecule has 0 atom stereocenters. The molecule has 0 heterocycles. The molecule has 1 rings (SSSR count). The van der Waals surface area contributed by atoms with E-state index in [1.807, 2.05) is 0 Å². The van der Waals surface area contributed by atoms with Gasteiger partial charge in [0.25, 0.3) is 0 Å². The van der Waals surface area contributed by atoms with Crippen LogP contribution >= 0.6 is 0 Å². The maximum atomic E-state index is 12.3. The lowest BCUT2D eigenvalue weighted by atomic mass is 10.1. The lowest BCUT2D eigenvalue weighted by Gasteiger charge is -2.05. The summed E-state index contributed by atoms with van der Waals surface area (Å²) in [6.07, 6.45) is -4.45. The van der Waals surface area contributed by atoms with Crippen LogP contribution in [0.25, 0.3) is 0 Å². The van der Waals surface area contributed by atoms with Gasteiger partial charge in [-0.1, -0.05) is 11.8 Å². The van der Waals surface area contributed by atoms with E-state index in [-0.39, 0.29) is 18.4 Å². The highest BCUT2D eigenvalue weighted by Crippen LogP contribution is 2.29. The Morgan fingerprint density at radius 3 is 2.71 bits per heavy atom. The number of carbonyl (C=O) groups is 1. The maximum Gasteiger partial charge on any atom is 0.416 e. The number of rotatable bonds is 2. The van der Waals surface area contributed by atoms with E-state index in [4.69, 9.17) is 5.11 Å². The Hall–Kier alpha value is -1.96. The van der Waals surface area contributed by atoms with Crippen LogP contribution in [-0.2, 0) is 11.0 Å². The van der Waals surface area contributed by atoms with Crippen LogP contribution in [0.4, 0.5) is 13.2 Å². The van der Waals surface area contributed by atoms with Crippen molar-refractivity contribution in [1.82, 2.24) is 0 Å². The molecular formula is C12H8F3O2. The van der Waals surface area contributed by atoms with E-state index in [0.717, 1.165) is 12.1 Å². The Kier molecular flexibility index (Phi) is 4.16. The van der Waals surface area contributed by atoms with Gasteiger partial charge in [-0.05, 0) is 24.3 Å². The molecule has 1 radical (unpaired) electrons. The average Bonchev–Trinajstić information content (AvgIpc) is 2.23. The Morgan fingerprint density at radius 2 is 2.12 bits per heavy atom. The molecule has 0 fully saturated rings. The number of halogens is 3. The smallest absolute Gasteiger partial charge is 0.416 e. The molecule has 0 aliphatic heterocycles. The van der Waals surface area contributed by atoms with Crippen molar-refractivity contribution in [1.29, 1.82) is 0 Å². The number of carboxylic acids is 1. The zero-order valence-electron chi connectivity index (χ0n) is 8.64. The predicted molar refractivity (Wildman–Crippen MR) is 54.0 cm³/mol. The Balaban J connectivity index is 2.76. The second-order valence-electron chi connectivity index (χ2n) is 3.20. The molecule has 0 aliphatic rings. The quantitative estimate of drug-likeness (QED) is 0.808. The number of hydrogen-bond acceptors (Lipinski definition) is 1. The number of aliphatic carboxylic acids is 1. The highest BCUT2D eigenvalue weighted by molar-refractivity contribution is 5.67. The van der Waals surface area contributed by atoms with Gasteiger partial charge in [0, 0.05) is 12.0 Å². The van der Waals surface area contributed by atoms with E-state index in [0.29, 0.717) is 0 Å². The van der Waals surface area contributed by atoms with Crippen LogP contribution in [0.5, 0.6) is 0 Å². The molecule has 0 aromatic heterocycles. The van der Waals surface area contributed by atoms with Gasteiger partial charge in [-0.2, -0.15) is 13.2 Å². The molecule has 1 aromatic carbocycles. The predicted octanol–water partition coefficient (Wildman–Crippen LogP) is 2.72. The zero-order valence-corrected chi connectivity index (χ0v) is 8.64. The van der Waals surface area contributed by atoms with Gasteiger partial charge in [-0.25, -0.2) is 0 Å². The van der Waals surface area contributed by atoms with E-state index < -0.39 is 17.7 Å². The summed E-state index contributed by atoms with van der Waals surface area (Å²) in [5.74, 6) is 3.97. The Morgan fingerprint density at radius 1 is 1.41 bits per heavy atom. The van der Waals surface area contributed by atoms with E-state index in [9.17, 15) is 18.0 Å². The standard InChI is InChI=1S/C12H8F3O2/c13-12(14,15)10-6-3-5-9(8-10)4-1-2-7-11(16)17/h5-6,8H,2,7H2,(H,16,17). The van der Waals surface area contributed by atoms with Crippen LogP contribution < -0.4 is 0 Å². The summed E-state index contributed by atoms with van der Waals surface area (Å²) in [7, 11) is 0. The van der Waals surface area contributed by atoms with Crippen LogP contribution in [0.1, 0.15) is 24.0 Å². The summed E-state index contributed by atoms with van der Waals surface area (Å²) in [5, 5.41) is 8.34. The van der Waals surface area contributed by atoms with Gasteiger partial charge in [-0.3, -0.25) is 4.79 Å². The summed E-state index contributed by atoms with van der Waals surface area (Å²) in [5.41, 5.74) is -0.646. The minimum atomic E-state index is -4.42. The zero-order chi connectivity index (χ0) is 12.9. The van der Waals surface area contributed by atoms with Gasteiger partial charge in [0.1, 0.15) is 0 Å². The topological polar surface area (TPSA) is 37.3 Å². The van der Waals surface area contributed by atoms with Gasteiger partial charge in [0.15, 0.2) is 0 Å². The SMILES string of the molecule is O=C(O)CCC#Cc1c[c]cc(C(F)(F)F)c1. The van der Waals surface area contributed by atoms with Crippen LogP contribution in [0.2, 0.25) is 0 Å². The first kappa shape index (κ1) is 13.1. The molecule has 1 N–H and O–H groups in total. The van der Waals surface area contributed by atoms with Crippen LogP contribution in [0, 0.1) is 17.9 Å². The maximum absolute atomic E-state index is 12.3. The van der Waals surface area contributed by atoms with Gasteiger partial charge < -0.3 is 5.11 Å². The second kappa shape index (κ2) is 5.39. The lowest BCUT2D eigenvalue weighted by Crippen LogP contribution is -2.04. The molecule has 0 saturated carbocycles. The summed E-state index contributed by atoms with van der Waals surface area (Å²) in [6.45, 7) is 0. The van der Waals surface area contributed by atoms with Crippen molar-refractivity contribution in [2.24, 2.45) is 0 Å². The summed E-state index contributed by atoms with van der Waals surface area (Å²) in [6, 6.07) is 5.41. The molecule has 1 aromatic rings. The normalized spacial score (nSPS) is 10.5. The average molecular weight is 241 g/mol. The highest BCUT2D eigenvalue weighted by Gasteiger charge is 2.30. The van der Waals surface area contributed by atoms with Gasteiger partial charge in [0.2, 0.25) is 0 Å². The Bertz CT molecular complexity index is 467. The van der Waals surface area contributed by atoms with E-state index in [1.54, 1.807) is 0 Å².